The standard InChI is InChI=1S/C17H14N4O5S/c1-10-15(19-18-12-4-8-14(9-5-12)27(25)26)16(22)21(20-10)13-6-2-11(3-7-13)17(23)24/h2-9,20H,1H3,(H,23,24)(H,25,26)/p-1. The normalized spacial score (nSPS) is 12.4. The zero-order chi connectivity index (χ0) is 19.6. The summed E-state index contributed by atoms with van der Waals surface area (Å²) in [4.78, 5) is 23.6. The maximum atomic E-state index is 12.6. The van der Waals surface area contributed by atoms with Crippen molar-refractivity contribution >= 4 is 28.4 Å². The Balaban J connectivity index is 1.90. The molecule has 1 heterocycles. The summed E-state index contributed by atoms with van der Waals surface area (Å²) in [5.41, 5.74) is 1.07. The van der Waals surface area contributed by atoms with Crippen LogP contribution in [0.1, 0.15) is 16.1 Å². The number of H-pyrrole nitrogens is 1. The van der Waals surface area contributed by atoms with Crippen LogP contribution in [0.25, 0.3) is 5.69 Å². The van der Waals surface area contributed by atoms with Crippen molar-refractivity contribution in [1.82, 2.24) is 9.78 Å². The molecule has 0 aliphatic carbocycles. The summed E-state index contributed by atoms with van der Waals surface area (Å²) >= 11 is -2.32. The zero-order valence-corrected chi connectivity index (χ0v) is 14.8. The SMILES string of the molecule is Cc1[nH]n(-c2ccc(C(=O)O)cc2)c(=O)c1N=Nc1ccc(S(=O)[O-])cc1. The fourth-order valence-corrected chi connectivity index (χ4v) is 2.68. The van der Waals surface area contributed by atoms with E-state index in [2.05, 4.69) is 15.3 Å². The van der Waals surface area contributed by atoms with Crippen LogP contribution in [0.15, 0.2) is 68.4 Å². The Morgan fingerprint density at radius 1 is 1.11 bits per heavy atom. The van der Waals surface area contributed by atoms with Crippen molar-refractivity contribution in [1.29, 1.82) is 0 Å². The summed E-state index contributed by atoms with van der Waals surface area (Å²) < 4.78 is 22.9. The third-order valence-electron chi connectivity index (χ3n) is 3.71. The number of aromatic nitrogens is 2. The molecule has 2 N–H and O–H groups in total. The second-order valence-corrected chi connectivity index (χ2v) is 6.45. The molecule has 0 amide bonds. The number of hydrogen-bond donors (Lipinski definition) is 2. The highest BCUT2D eigenvalue weighted by atomic mass is 32.2. The number of aromatic amines is 1. The van der Waals surface area contributed by atoms with Gasteiger partial charge in [-0.2, -0.15) is 5.11 Å². The largest absolute Gasteiger partial charge is 0.768 e. The van der Waals surface area contributed by atoms with E-state index in [1.807, 2.05) is 0 Å². The molecular weight excluding hydrogens is 372 g/mol. The summed E-state index contributed by atoms with van der Waals surface area (Å²) in [5.74, 6) is -1.06. The molecule has 0 aliphatic rings. The van der Waals surface area contributed by atoms with Crippen LogP contribution < -0.4 is 5.56 Å². The van der Waals surface area contributed by atoms with Crippen LogP contribution in [0.4, 0.5) is 11.4 Å². The van der Waals surface area contributed by atoms with Gasteiger partial charge in [-0.05, 0) is 66.5 Å². The molecule has 27 heavy (non-hydrogen) atoms. The molecule has 0 bridgehead atoms. The number of carbonyl (C=O) groups is 1. The number of benzene rings is 2. The molecule has 0 aliphatic heterocycles. The lowest BCUT2D eigenvalue weighted by Gasteiger charge is -2.03. The van der Waals surface area contributed by atoms with Crippen LogP contribution in [-0.4, -0.2) is 29.6 Å². The maximum absolute atomic E-state index is 12.6. The molecule has 1 aromatic heterocycles. The van der Waals surface area contributed by atoms with E-state index >= 15 is 0 Å². The van der Waals surface area contributed by atoms with E-state index in [0.717, 1.165) is 0 Å². The molecular formula is C17H13N4O5S-. The highest BCUT2D eigenvalue weighted by molar-refractivity contribution is 7.79. The highest BCUT2D eigenvalue weighted by Gasteiger charge is 2.12. The average molecular weight is 385 g/mol. The molecule has 10 heteroatoms. The minimum atomic E-state index is -2.32. The van der Waals surface area contributed by atoms with Gasteiger partial charge in [0.25, 0.3) is 5.56 Å². The monoisotopic (exact) mass is 385 g/mol. The van der Waals surface area contributed by atoms with Gasteiger partial charge in [0.15, 0.2) is 5.69 Å². The molecule has 1 atom stereocenters. The molecule has 0 saturated carbocycles. The summed E-state index contributed by atoms with van der Waals surface area (Å²) in [6.45, 7) is 1.65. The maximum Gasteiger partial charge on any atom is 0.335 e. The summed E-state index contributed by atoms with van der Waals surface area (Å²) in [6.07, 6.45) is 0. The van der Waals surface area contributed by atoms with E-state index in [0.29, 0.717) is 17.1 Å². The summed E-state index contributed by atoms with van der Waals surface area (Å²) in [7, 11) is 0. The van der Waals surface area contributed by atoms with E-state index in [4.69, 9.17) is 5.11 Å². The van der Waals surface area contributed by atoms with Crippen molar-refractivity contribution in [3.05, 3.63) is 70.1 Å². The first-order valence-corrected chi connectivity index (χ1v) is 8.70. The topological polar surface area (TPSA) is 140 Å². The average Bonchev–Trinajstić information content (AvgIpc) is 2.94. The summed E-state index contributed by atoms with van der Waals surface area (Å²) in [5, 5.41) is 19.7. The van der Waals surface area contributed by atoms with Crippen molar-refractivity contribution in [2.45, 2.75) is 11.8 Å². The Hall–Kier alpha value is -3.37. The van der Waals surface area contributed by atoms with Crippen LogP contribution in [-0.2, 0) is 11.1 Å². The van der Waals surface area contributed by atoms with Gasteiger partial charge in [-0.1, -0.05) is 0 Å². The van der Waals surface area contributed by atoms with Crippen molar-refractivity contribution in [3.63, 3.8) is 0 Å². The first-order chi connectivity index (χ1) is 12.9. The Kier molecular flexibility index (Phi) is 5.10. The fraction of sp³-hybridized carbons (Fsp3) is 0.0588. The molecule has 0 spiro atoms. The Morgan fingerprint density at radius 2 is 1.74 bits per heavy atom. The second-order valence-electron chi connectivity index (χ2n) is 5.51. The number of nitrogens with zero attached hydrogens (tertiary/aromatic N) is 3. The molecule has 3 rings (SSSR count). The molecule has 3 aromatic rings. The Morgan fingerprint density at radius 3 is 2.30 bits per heavy atom. The van der Waals surface area contributed by atoms with Gasteiger partial charge < -0.3 is 9.66 Å². The van der Waals surface area contributed by atoms with Crippen molar-refractivity contribution < 1.29 is 18.7 Å². The van der Waals surface area contributed by atoms with E-state index in [1.165, 1.54) is 53.2 Å². The van der Waals surface area contributed by atoms with E-state index < -0.39 is 22.6 Å². The molecule has 0 fully saturated rings. The fourth-order valence-electron chi connectivity index (χ4n) is 2.32. The van der Waals surface area contributed by atoms with Crippen LogP contribution >= 0.6 is 0 Å². The zero-order valence-electron chi connectivity index (χ0n) is 13.9. The smallest absolute Gasteiger partial charge is 0.335 e. The van der Waals surface area contributed by atoms with Crippen LogP contribution in [0.3, 0.4) is 0 Å². The van der Waals surface area contributed by atoms with Gasteiger partial charge in [-0.25, -0.2) is 9.48 Å². The third-order valence-corrected chi connectivity index (χ3v) is 4.36. The van der Waals surface area contributed by atoms with Gasteiger partial charge >= 0.3 is 5.97 Å². The minimum Gasteiger partial charge on any atom is -0.768 e. The lowest BCUT2D eigenvalue weighted by molar-refractivity contribution is 0.0697. The van der Waals surface area contributed by atoms with E-state index in [-0.39, 0.29) is 16.1 Å². The first-order valence-electron chi connectivity index (χ1n) is 7.63. The number of carboxylic acid groups (broad SMARTS) is 1. The molecule has 0 saturated heterocycles. The number of aromatic carboxylic acids is 1. The molecule has 9 nitrogen and oxygen atoms in total. The first kappa shape index (κ1) is 18.4. The van der Waals surface area contributed by atoms with Crippen LogP contribution in [0, 0.1) is 6.92 Å². The van der Waals surface area contributed by atoms with Gasteiger partial charge in [0.1, 0.15) is 0 Å². The lowest BCUT2D eigenvalue weighted by atomic mass is 10.2. The Labute approximate surface area is 155 Å². The molecule has 0 radical (unpaired) electrons. The molecule has 138 valence electrons. The van der Waals surface area contributed by atoms with Crippen molar-refractivity contribution in [3.8, 4) is 5.69 Å². The number of hydrogen-bond acceptors (Lipinski definition) is 6. The lowest BCUT2D eigenvalue weighted by Crippen LogP contribution is -2.14. The van der Waals surface area contributed by atoms with E-state index in [1.54, 1.807) is 6.92 Å². The quantitative estimate of drug-likeness (QED) is 0.513. The number of nitrogens with one attached hydrogen (secondary N) is 1. The van der Waals surface area contributed by atoms with Gasteiger partial charge in [0.2, 0.25) is 0 Å². The third kappa shape index (κ3) is 3.91. The number of azo groups is 1. The predicted molar refractivity (Wildman–Crippen MR) is 95.9 cm³/mol. The van der Waals surface area contributed by atoms with Gasteiger partial charge in [0, 0.05) is 4.90 Å². The number of aryl methyl sites for hydroxylation is 1. The van der Waals surface area contributed by atoms with Crippen molar-refractivity contribution in [2.75, 3.05) is 0 Å². The molecule has 2 aromatic carbocycles. The van der Waals surface area contributed by atoms with E-state index in [9.17, 15) is 18.4 Å². The molecule has 1 unspecified atom stereocenters. The van der Waals surface area contributed by atoms with Crippen molar-refractivity contribution in [2.24, 2.45) is 10.2 Å². The minimum absolute atomic E-state index is 0.0915. The second kappa shape index (κ2) is 7.48. The van der Waals surface area contributed by atoms with Crippen LogP contribution in [0.5, 0.6) is 0 Å². The summed E-state index contributed by atoms with van der Waals surface area (Å²) in [6, 6.07) is 11.5. The van der Waals surface area contributed by atoms with Gasteiger partial charge in [-0.3, -0.25) is 14.1 Å². The van der Waals surface area contributed by atoms with Gasteiger partial charge in [-0.15, -0.1) is 5.11 Å². The number of carboxylic acids is 1. The van der Waals surface area contributed by atoms with Gasteiger partial charge in [0.05, 0.1) is 22.6 Å². The number of rotatable bonds is 5. The van der Waals surface area contributed by atoms with Crippen LogP contribution in [0.2, 0.25) is 0 Å². The predicted octanol–water partition coefficient (Wildman–Crippen LogP) is 2.83. The Bertz CT molecular complexity index is 1100. The highest BCUT2D eigenvalue weighted by Crippen LogP contribution is 2.20.